The van der Waals surface area contributed by atoms with Crippen LogP contribution in [0.2, 0.25) is 0 Å². The van der Waals surface area contributed by atoms with Gasteiger partial charge in [-0.2, -0.15) is 0 Å². The zero-order chi connectivity index (χ0) is 14.5. The largest absolute Gasteiger partial charge is 0.410 e. The number of hydrogen-bond donors (Lipinski definition) is 3. The number of hydrazone groups is 1. The van der Waals surface area contributed by atoms with Gasteiger partial charge in [0.05, 0.1) is 0 Å². The van der Waals surface area contributed by atoms with Gasteiger partial charge in [-0.05, 0) is 12.0 Å². The summed E-state index contributed by atoms with van der Waals surface area (Å²) >= 11 is 0. The van der Waals surface area contributed by atoms with Crippen LogP contribution in [0.15, 0.2) is 40.6 Å². The van der Waals surface area contributed by atoms with E-state index in [0.717, 1.165) is 11.9 Å². The molecule has 1 aliphatic rings. The Kier molecular flexibility index (Phi) is 3.94. The summed E-state index contributed by atoms with van der Waals surface area (Å²) in [7, 11) is 0. The van der Waals surface area contributed by atoms with Gasteiger partial charge in [0, 0.05) is 0 Å². The van der Waals surface area contributed by atoms with Crippen LogP contribution in [-0.4, -0.2) is 34.3 Å². The Morgan fingerprint density at radius 1 is 1.50 bits per heavy atom. The third-order valence-corrected chi connectivity index (χ3v) is 2.80. The summed E-state index contributed by atoms with van der Waals surface area (Å²) in [5, 5.41) is 17.2. The normalized spacial score (nSPS) is 18.4. The van der Waals surface area contributed by atoms with Crippen molar-refractivity contribution in [2.75, 3.05) is 0 Å². The summed E-state index contributed by atoms with van der Waals surface area (Å²) in [5.41, 5.74) is 6.62. The van der Waals surface area contributed by atoms with Crippen LogP contribution < -0.4 is 11.1 Å². The van der Waals surface area contributed by atoms with Crippen LogP contribution in [0.5, 0.6) is 0 Å². The lowest BCUT2D eigenvalue weighted by Gasteiger charge is -2.11. The lowest BCUT2D eigenvalue weighted by Crippen LogP contribution is -2.40. The quantitative estimate of drug-likeness (QED) is 0.313. The van der Waals surface area contributed by atoms with E-state index in [0.29, 0.717) is 11.4 Å². The molecule has 1 aromatic carbocycles. The Morgan fingerprint density at radius 2 is 2.20 bits per heavy atom. The molecule has 3 amide bonds. The van der Waals surface area contributed by atoms with E-state index in [1.807, 2.05) is 30.3 Å². The highest BCUT2D eigenvalue weighted by Gasteiger charge is 2.37. The highest BCUT2D eigenvalue weighted by Crippen LogP contribution is 2.18. The average molecular weight is 275 g/mol. The van der Waals surface area contributed by atoms with Gasteiger partial charge >= 0.3 is 6.03 Å². The van der Waals surface area contributed by atoms with Crippen molar-refractivity contribution in [1.29, 1.82) is 0 Å². The number of amides is 3. The predicted molar refractivity (Wildman–Crippen MR) is 70.9 cm³/mol. The molecule has 2 rings (SSSR count). The fraction of sp³-hybridized carbons (Fsp3) is 0.167. The zero-order valence-corrected chi connectivity index (χ0v) is 10.4. The molecule has 0 saturated carbocycles. The number of nitrogens with zero attached hydrogens (tertiary/aromatic N) is 3. The number of carbonyl (C=O) groups is 2. The van der Waals surface area contributed by atoms with Gasteiger partial charge < -0.3 is 10.9 Å². The summed E-state index contributed by atoms with van der Waals surface area (Å²) in [5.74, 6) is -1.11. The molecule has 0 bridgehead atoms. The second-order valence-corrected chi connectivity index (χ2v) is 4.11. The van der Waals surface area contributed by atoms with E-state index in [1.165, 1.54) is 0 Å². The molecule has 1 aromatic rings. The van der Waals surface area contributed by atoms with E-state index in [-0.39, 0.29) is 5.84 Å². The maximum absolute atomic E-state index is 12.1. The third kappa shape index (κ3) is 2.74. The Labute approximate surface area is 114 Å². The molecule has 0 fully saturated rings. The van der Waals surface area contributed by atoms with Crippen molar-refractivity contribution in [2.45, 2.75) is 6.42 Å². The number of hydrogen-bond acceptors (Lipinski definition) is 6. The molecule has 0 radical (unpaired) electrons. The highest BCUT2D eigenvalue weighted by atomic mass is 16.4. The first-order valence-corrected chi connectivity index (χ1v) is 5.81. The number of carbonyl (C=O) groups excluding carboxylic acids is 2. The van der Waals surface area contributed by atoms with Crippen LogP contribution in [-0.2, 0) is 11.2 Å². The minimum Gasteiger partial charge on any atom is -0.410 e. The molecule has 4 N–H and O–H groups in total. The minimum atomic E-state index is -0.827. The van der Waals surface area contributed by atoms with Crippen molar-refractivity contribution in [1.82, 2.24) is 10.3 Å². The fourth-order valence-corrected chi connectivity index (χ4v) is 1.84. The third-order valence-electron chi connectivity index (χ3n) is 2.80. The first-order chi connectivity index (χ1) is 9.63. The lowest BCUT2D eigenvalue weighted by atomic mass is 9.98. The van der Waals surface area contributed by atoms with Crippen molar-refractivity contribution in [3.63, 3.8) is 0 Å². The second-order valence-electron chi connectivity index (χ2n) is 4.11. The van der Waals surface area contributed by atoms with Gasteiger partial charge in [-0.15, -0.1) is 10.1 Å². The van der Waals surface area contributed by atoms with E-state index < -0.39 is 17.9 Å². The number of benzene rings is 1. The maximum Gasteiger partial charge on any atom is 0.350 e. The summed E-state index contributed by atoms with van der Waals surface area (Å²) in [6.07, 6.45) is 1.11. The number of urea groups is 1. The number of nitrogens with one attached hydrogen (secondary N) is 1. The molecular formula is C12H13N5O3. The van der Waals surface area contributed by atoms with Crippen LogP contribution in [0.25, 0.3) is 0 Å². The number of rotatable bonds is 3. The Hall–Kier alpha value is -2.90. The van der Waals surface area contributed by atoms with E-state index in [2.05, 4.69) is 15.6 Å². The van der Waals surface area contributed by atoms with Crippen LogP contribution in [0.3, 0.4) is 0 Å². The van der Waals surface area contributed by atoms with Crippen molar-refractivity contribution in [3.05, 3.63) is 35.9 Å². The van der Waals surface area contributed by atoms with Gasteiger partial charge in [-0.3, -0.25) is 10.1 Å². The molecule has 0 aliphatic carbocycles. The molecule has 1 aliphatic heterocycles. The molecule has 104 valence electrons. The van der Waals surface area contributed by atoms with Crippen LogP contribution in [0, 0.1) is 5.92 Å². The summed E-state index contributed by atoms with van der Waals surface area (Å²) in [6, 6.07) is 8.47. The van der Waals surface area contributed by atoms with Gasteiger partial charge in [-0.1, -0.05) is 35.5 Å². The molecule has 0 spiro atoms. The number of imide groups is 1. The van der Waals surface area contributed by atoms with Crippen LogP contribution >= 0.6 is 0 Å². The number of amidine groups is 1. The molecular weight excluding hydrogens is 262 g/mol. The molecule has 8 nitrogen and oxygen atoms in total. The van der Waals surface area contributed by atoms with Gasteiger partial charge in [0.25, 0.3) is 5.91 Å². The smallest absolute Gasteiger partial charge is 0.350 e. The van der Waals surface area contributed by atoms with Gasteiger partial charge in [0.1, 0.15) is 18.1 Å². The average Bonchev–Trinajstić information content (AvgIpc) is 2.74. The highest BCUT2D eigenvalue weighted by molar-refractivity contribution is 6.13. The van der Waals surface area contributed by atoms with Gasteiger partial charge in [0.15, 0.2) is 0 Å². The standard InChI is InChI=1S/C12H13N5O3/c13-10-9(6-8-4-2-1-3-5-8)11(18)17(16-10)12(19)14-7-15-20/h1-5,7,9,20H,6H2,(H2,13,16)(H,14,15,19). The summed E-state index contributed by atoms with van der Waals surface area (Å²) in [6.45, 7) is 0. The molecule has 1 unspecified atom stereocenters. The monoisotopic (exact) mass is 275 g/mol. The molecule has 1 heterocycles. The van der Waals surface area contributed by atoms with Crippen LogP contribution in [0.4, 0.5) is 4.79 Å². The first-order valence-electron chi connectivity index (χ1n) is 5.81. The molecule has 8 heteroatoms. The number of oxime groups is 1. The van der Waals surface area contributed by atoms with Gasteiger partial charge in [0.2, 0.25) is 0 Å². The van der Waals surface area contributed by atoms with Gasteiger partial charge in [-0.25, -0.2) is 4.79 Å². The summed E-state index contributed by atoms with van der Waals surface area (Å²) in [4.78, 5) is 23.7. The molecule has 20 heavy (non-hydrogen) atoms. The van der Waals surface area contributed by atoms with E-state index in [9.17, 15) is 9.59 Å². The lowest BCUT2D eigenvalue weighted by molar-refractivity contribution is -0.128. The Bertz CT molecular complexity index is 570. The van der Waals surface area contributed by atoms with Crippen molar-refractivity contribution in [2.24, 2.45) is 21.9 Å². The Morgan fingerprint density at radius 3 is 2.85 bits per heavy atom. The fourth-order valence-electron chi connectivity index (χ4n) is 1.84. The molecule has 0 saturated heterocycles. The molecule has 1 atom stereocenters. The minimum absolute atomic E-state index is 0.0786. The first kappa shape index (κ1) is 13.5. The van der Waals surface area contributed by atoms with E-state index in [1.54, 1.807) is 0 Å². The topological polar surface area (TPSA) is 120 Å². The number of nitrogens with two attached hydrogens (primary N) is 1. The van der Waals surface area contributed by atoms with Crippen molar-refractivity contribution >= 4 is 24.1 Å². The second kappa shape index (κ2) is 5.83. The van der Waals surface area contributed by atoms with Crippen molar-refractivity contribution in [3.8, 4) is 0 Å². The molecule has 0 aromatic heterocycles. The predicted octanol–water partition coefficient (Wildman–Crippen LogP) is 0.0868. The van der Waals surface area contributed by atoms with Crippen molar-refractivity contribution < 1.29 is 14.8 Å². The van der Waals surface area contributed by atoms with E-state index >= 15 is 0 Å². The maximum atomic E-state index is 12.1. The van der Waals surface area contributed by atoms with Crippen LogP contribution in [0.1, 0.15) is 5.56 Å². The zero-order valence-electron chi connectivity index (χ0n) is 10.4. The summed E-state index contributed by atoms with van der Waals surface area (Å²) < 4.78 is 0. The Balaban J connectivity index is 2.09. The van der Waals surface area contributed by atoms with E-state index in [4.69, 9.17) is 10.9 Å². The SMILES string of the molecule is NC1=NN(C(=O)NC=NO)C(=O)C1Cc1ccccc1.